The third kappa shape index (κ3) is 5.18. The first-order valence-corrected chi connectivity index (χ1v) is 10.4. The fourth-order valence-electron chi connectivity index (χ4n) is 2.49. The van der Waals surface area contributed by atoms with Crippen LogP contribution in [0.5, 0.6) is 5.75 Å². The van der Waals surface area contributed by atoms with Gasteiger partial charge in [-0.25, -0.2) is 0 Å². The van der Waals surface area contributed by atoms with Gasteiger partial charge in [-0.2, -0.15) is 0 Å². The molecule has 1 fully saturated rings. The van der Waals surface area contributed by atoms with Gasteiger partial charge < -0.3 is 10.1 Å². The summed E-state index contributed by atoms with van der Waals surface area (Å²) in [6, 6.07) is 11.0. The number of anilines is 1. The van der Waals surface area contributed by atoms with E-state index in [0.29, 0.717) is 34.3 Å². The number of thiophene rings is 1. The average Bonchev–Trinajstić information content (AvgIpc) is 3.26. The maximum Gasteiger partial charge on any atom is 0.266 e. The van der Waals surface area contributed by atoms with E-state index < -0.39 is 0 Å². The van der Waals surface area contributed by atoms with Crippen LogP contribution in [-0.2, 0) is 9.59 Å². The molecule has 1 aromatic heterocycles. The summed E-state index contributed by atoms with van der Waals surface area (Å²) in [6.07, 6.45) is 2.72. The van der Waals surface area contributed by atoms with Crippen molar-refractivity contribution < 1.29 is 14.3 Å². The van der Waals surface area contributed by atoms with E-state index in [2.05, 4.69) is 5.32 Å². The summed E-state index contributed by atoms with van der Waals surface area (Å²) in [5, 5.41) is 4.80. The van der Waals surface area contributed by atoms with Gasteiger partial charge in [0.2, 0.25) is 5.91 Å². The topological polar surface area (TPSA) is 58.6 Å². The Morgan fingerprint density at radius 2 is 2.07 bits per heavy atom. The summed E-state index contributed by atoms with van der Waals surface area (Å²) in [4.78, 5) is 27.8. The molecule has 2 aromatic rings. The number of nitrogens with zero attached hydrogens (tertiary/aromatic N) is 1. The molecule has 0 saturated carbocycles. The molecule has 0 atom stereocenters. The van der Waals surface area contributed by atoms with Crippen LogP contribution in [0.25, 0.3) is 6.08 Å². The number of amides is 2. The van der Waals surface area contributed by atoms with Crippen molar-refractivity contribution in [1.82, 2.24) is 4.90 Å². The Morgan fingerprint density at radius 3 is 2.74 bits per heavy atom. The van der Waals surface area contributed by atoms with Crippen LogP contribution in [0.3, 0.4) is 0 Å². The molecule has 8 heteroatoms. The molecular formula is C19H18N2O3S3. The zero-order chi connectivity index (χ0) is 19.2. The minimum Gasteiger partial charge on any atom is -0.497 e. The zero-order valence-electron chi connectivity index (χ0n) is 14.6. The fraction of sp³-hybridized carbons (Fsp3) is 0.211. The van der Waals surface area contributed by atoms with Crippen LogP contribution in [0.2, 0.25) is 0 Å². The molecule has 0 bridgehead atoms. The molecule has 0 spiro atoms. The van der Waals surface area contributed by atoms with Gasteiger partial charge in [0.15, 0.2) is 0 Å². The number of thiocarbonyl (C=S) groups is 1. The molecule has 1 saturated heterocycles. The minimum absolute atomic E-state index is 0.0889. The van der Waals surface area contributed by atoms with Gasteiger partial charge in [0.1, 0.15) is 10.1 Å². The van der Waals surface area contributed by atoms with Crippen LogP contribution in [0.1, 0.15) is 17.7 Å². The molecule has 2 heterocycles. The Kier molecular flexibility index (Phi) is 6.65. The molecular weight excluding hydrogens is 400 g/mol. The second kappa shape index (κ2) is 9.16. The van der Waals surface area contributed by atoms with Crippen LogP contribution in [0.4, 0.5) is 5.69 Å². The zero-order valence-corrected chi connectivity index (χ0v) is 17.1. The summed E-state index contributed by atoms with van der Waals surface area (Å²) < 4.78 is 5.63. The van der Waals surface area contributed by atoms with Crippen molar-refractivity contribution in [2.45, 2.75) is 12.8 Å². The van der Waals surface area contributed by atoms with Gasteiger partial charge in [0.05, 0.1) is 12.0 Å². The van der Waals surface area contributed by atoms with E-state index in [0.717, 1.165) is 10.6 Å². The summed E-state index contributed by atoms with van der Waals surface area (Å²) in [7, 11) is 1.59. The summed E-state index contributed by atoms with van der Waals surface area (Å²) in [6.45, 7) is 0.433. The monoisotopic (exact) mass is 418 g/mol. The van der Waals surface area contributed by atoms with Crippen molar-refractivity contribution in [2.24, 2.45) is 0 Å². The number of carbonyl (C=O) groups is 2. The van der Waals surface area contributed by atoms with Gasteiger partial charge in [0.25, 0.3) is 5.91 Å². The SMILES string of the molecule is COc1ccc(NC(=O)CCCN2C(=O)/C(=C\c3cccs3)SC2=S)cc1. The van der Waals surface area contributed by atoms with Gasteiger partial charge >= 0.3 is 0 Å². The molecule has 1 N–H and O–H groups in total. The maximum atomic E-state index is 12.5. The fourth-order valence-corrected chi connectivity index (χ4v) is 4.52. The predicted octanol–water partition coefficient (Wildman–Crippen LogP) is 4.38. The van der Waals surface area contributed by atoms with Crippen LogP contribution in [0.15, 0.2) is 46.7 Å². The molecule has 27 heavy (non-hydrogen) atoms. The first kappa shape index (κ1) is 19.6. The van der Waals surface area contributed by atoms with E-state index in [9.17, 15) is 9.59 Å². The molecule has 1 aromatic carbocycles. The van der Waals surface area contributed by atoms with Crippen LogP contribution < -0.4 is 10.1 Å². The number of thioether (sulfide) groups is 1. The predicted molar refractivity (Wildman–Crippen MR) is 115 cm³/mol. The number of benzene rings is 1. The van der Waals surface area contributed by atoms with E-state index in [4.69, 9.17) is 17.0 Å². The Hall–Kier alpha value is -2.16. The van der Waals surface area contributed by atoms with Crippen molar-refractivity contribution in [2.75, 3.05) is 19.0 Å². The van der Waals surface area contributed by atoms with E-state index >= 15 is 0 Å². The summed E-state index contributed by atoms with van der Waals surface area (Å²) >= 11 is 8.20. The second-order valence-electron chi connectivity index (χ2n) is 5.73. The minimum atomic E-state index is -0.0975. The number of rotatable bonds is 7. The number of nitrogens with one attached hydrogen (secondary N) is 1. The van der Waals surface area contributed by atoms with E-state index in [-0.39, 0.29) is 11.8 Å². The average molecular weight is 419 g/mol. The quantitative estimate of drug-likeness (QED) is 0.534. The standard InChI is InChI=1S/C19H18N2O3S3/c1-24-14-8-6-13(7-9-14)20-17(22)5-2-10-21-18(23)16(27-19(21)25)12-15-4-3-11-26-15/h3-4,6-9,11-12H,2,5,10H2,1H3,(H,20,22)/b16-12+. The van der Waals surface area contributed by atoms with Crippen molar-refractivity contribution in [3.05, 3.63) is 51.6 Å². The summed E-state index contributed by atoms with van der Waals surface area (Å²) in [5.41, 5.74) is 0.713. The van der Waals surface area contributed by atoms with Gasteiger partial charge in [-0.05, 0) is 48.2 Å². The molecule has 2 amide bonds. The van der Waals surface area contributed by atoms with E-state index in [1.54, 1.807) is 47.6 Å². The number of methoxy groups -OCH3 is 1. The highest BCUT2D eigenvalue weighted by Crippen LogP contribution is 2.33. The molecule has 140 valence electrons. The largest absolute Gasteiger partial charge is 0.497 e. The Bertz CT molecular complexity index is 861. The molecule has 1 aliphatic rings. The third-order valence-electron chi connectivity index (χ3n) is 3.85. The molecule has 5 nitrogen and oxygen atoms in total. The molecule has 3 rings (SSSR count). The first-order valence-electron chi connectivity index (χ1n) is 8.29. The lowest BCUT2D eigenvalue weighted by Crippen LogP contribution is -2.29. The Labute approximate surface area is 171 Å². The Morgan fingerprint density at radius 1 is 1.30 bits per heavy atom. The molecule has 0 unspecified atom stereocenters. The Balaban J connectivity index is 1.48. The number of ether oxygens (including phenoxy) is 1. The van der Waals surface area contributed by atoms with Gasteiger partial charge in [-0.1, -0.05) is 30.0 Å². The van der Waals surface area contributed by atoms with Crippen molar-refractivity contribution in [3.8, 4) is 5.75 Å². The second-order valence-corrected chi connectivity index (χ2v) is 8.38. The van der Waals surface area contributed by atoms with Gasteiger partial charge in [-0.15, -0.1) is 11.3 Å². The third-order valence-corrected chi connectivity index (χ3v) is 6.05. The number of hydrogen-bond donors (Lipinski definition) is 1. The van der Waals surface area contributed by atoms with E-state index in [1.165, 1.54) is 11.8 Å². The first-order chi connectivity index (χ1) is 13.1. The van der Waals surface area contributed by atoms with E-state index in [1.807, 2.05) is 23.6 Å². The van der Waals surface area contributed by atoms with Gasteiger partial charge in [-0.3, -0.25) is 14.5 Å². The number of hydrogen-bond acceptors (Lipinski definition) is 6. The van der Waals surface area contributed by atoms with Crippen molar-refractivity contribution >= 4 is 63.2 Å². The highest BCUT2D eigenvalue weighted by molar-refractivity contribution is 8.26. The van der Waals surface area contributed by atoms with Crippen molar-refractivity contribution in [1.29, 1.82) is 0 Å². The normalized spacial score (nSPS) is 15.4. The van der Waals surface area contributed by atoms with Crippen LogP contribution in [-0.4, -0.2) is 34.7 Å². The lowest BCUT2D eigenvalue weighted by Gasteiger charge is -2.14. The lowest BCUT2D eigenvalue weighted by atomic mass is 10.2. The number of carbonyl (C=O) groups excluding carboxylic acids is 2. The molecule has 0 radical (unpaired) electrons. The lowest BCUT2D eigenvalue weighted by molar-refractivity contribution is -0.122. The van der Waals surface area contributed by atoms with Crippen LogP contribution in [0, 0.1) is 0 Å². The highest BCUT2D eigenvalue weighted by atomic mass is 32.2. The smallest absolute Gasteiger partial charge is 0.266 e. The van der Waals surface area contributed by atoms with Crippen molar-refractivity contribution in [3.63, 3.8) is 0 Å². The molecule has 1 aliphatic heterocycles. The summed E-state index contributed by atoms with van der Waals surface area (Å²) in [5.74, 6) is 0.548. The highest BCUT2D eigenvalue weighted by Gasteiger charge is 2.31. The van der Waals surface area contributed by atoms with Gasteiger partial charge in [0, 0.05) is 23.5 Å². The molecule has 0 aliphatic carbocycles. The van der Waals surface area contributed by atoms with Crippen LogP contribution >= 0.6 is 35.3 Å². The maximum absolute atomic E-state index is 12.5.